The van der Waals surface area contributed by atoms with Crippen LogP contribution in [0.25, 0.3) is 22.6 Å². The van der Waals surface area contributed by atoms with Gasteiger partial charge in [0.05, 0.1) is 22.0 Å². The molecule has 2 fully saturated rings. The van der Waals surface area contributed by atoms with Gasteiger partial charge in [-0.05, 0) is 64.3 Å². The fourth-order valence-corrected chi connectivity index (χ4v) is 5.02. The number of benzene rings is 1. The maximum absolute atomic E-state index is 10.00. The molecule has 2 aromatic heterocycles. The quantitative estimate of drug-likeness (QED) is 0.499. The summed E-state index contributed by atoms with van der Waals surface area (Å²) >= 11 is 6.63. The molecule has 34 heavy (non-hydrogen) atoms. The number of piperidine rings is 1. The third-order valence-corrected chi connectivity index (χ3v) is 7.06. The van der Waals surface area contributed by atoms with Gasteiger partial charge in [-0.3, -0.25) is 0 Å². The molecule has 0 bridgehead atoms. The van der Waals surface area contributed by atoms with Crippen molar-refractivity contribution in [1.29, 1.82) is 0 Å². The Balaban J connectivity index is 1.57. The van der Waals surface area contributed by atoms with Gasteiger partial charge in [0.25, 0.3) is 0 Å². The number of nitrogens with one attached hydrogen (secondary N) is 1. The first-order valence-electron chi connectivity index (χ1n) is 11.7. The van der Waals surface area contributed by atoms with Crippen LogP contribution >= 0.6 is 11.6 Å². The number of aliphatic hydroxyl groups excluding tert-OH is 1. The van der Waals surface area contributed by atoms with E-state index < -0.39 is 6.10 Å². The minimum Gasteiger partial charge on any atom is -0.491 e. The van der Waals surface area contributed by atoms with Crippen molar-refractivity contribution in [1.82, 2.24) is 20.4 Å². The van der Waals surface area contributed by atoms with Crippen LogP contribution < -0.4 is 15.0 Å². The topological polar surface area (TPSA) is 96.5 Å². The molecule has 8 nitrogen and oxygen atoms in total. The maximum Gasteiger partial charge on any atom is 0.163 e. The minimum absolute atomic E-state index is 0.169. The summed E-state index contributed by atoms with van der Waals surface area (Å²) in [6.07, 6.45) is 0.702. The van der Waals surface area contributed by atoms with Crippen LogP contribution in [0, 0.1) is 32.6 Å². The highest BCUT2D eigenvalue weighted by Gasteiger charge is 2.46. The Morgan fingerprint density at radius 2 is 2.00 bits per heavy atom. The van der Waals surface area contributed by atoms with Crippen LogP contribution in [-0.4, -0.2) is 59.6 Å². The Morgan fingerprint density at radius 3 is 2.68 bits per heavy atom. The van der Waals surface area contributed by atoms with Crippen LogP contribution in [0.5, 0.6) is 5.75 Å². The van der Waals surface area contributed by atoms with E-state index in [0.717, 1.165) is 59.0 Å². The summed E-state index contributed by atoms with van der Waals surface area (Å²) in [4.78, 5) is 12.3. The summed E-state index contributed by atoms with van der Waals surface area (Å²) in [7, 11) is 1.79. The first-order valence-corrected chi connectivity index (χ1v) is 12.1. The van der Waals surface area contributed by atoms with Crippen molar-refractivity contribution < 1.29 is 14.4 Å². The fourth-order valence-electron chi connectivity index (χ4n) is 4.82. The number of nitrogens with zero attached hydrogens (tertiary/aromatic N) is 4. The van der Waals surface area contributed by atoms with Gasteiger partial charge in [-0.15, -0.1) is 0 Å². The predicted molar refractivity (Wildman–Crippen MR) is 131 cm³/mol. The number of ether oxygens (including phenoxy) is 1. The number of fused-ring (bicyclic) bond motifs is 1. The van der Waals surface area contributed by atoms with Crippen molar-refractivity contribution in [3.63, 3.8) is 0 Å². The standard InChI is InChI=1S/C25H30ClN5O3/c1-13-23(22-14(2)30-34-15(22)3)28-24(29-25(13)31-10-16-7-17(16)11-31)20-8-19(5-6-21(20)26)33-12-18(32)9-27-4/h5-6,8,16-18,27,32H,7,9-12H2,1-4H3/t16-,17?,18-/m1/s1. The number of halogens is 1. The van der Waals surface area contributed by atoms with Gasteiger partial charge in [0.1, 0.15) is 30.0 Å². The number of aromatic nitrogens is 3. The summed E-state index contributed by atoms with van der Waals surface area (Å²) in [5.74, 6) is 4.32. The number of aryl methyl sites for hydroxylation is 2. The number of hydrogen-bond acceptors (Lipinski definition) is 8. The summed E-state index contributed by atoms with van der Waals surface area (Å²) in [6.45, 7) is 8.54. The van der Waals surface area contributed by atoms with Crippen LogP contribution in [0.1, 0.15) is 23.4 Å². The molecule has 1 unspecified atom stereocenters. The molecule has 2 N–H and O–H groups in total. The molecule has 2 aliphatic rings. The molecule has 1 saturated heterocycles. The van der Waals surface area contributed by atoms with Crippen molar-refractivity contribution in [2.24, 2.45) is 11.8 Å². The monoisotopic (exact) mass is 483 g/mol. The highest BCUT2D eigenvalue weighted by atomic mass is 35.5. The number of anilines is 1. The molecule has 5 rings (SSSR count). The molecule has 0 radical (unpaired) electrons. The maximum atomic E-state index is 10.00. The van der Waals surface area contributed by atoms with Crippen molar-refractivity contribution >= 4 is 17.4 Å². The van der Waals surface area contributed by atoms with Gasteiger partial charge in [0.15, 0.2) is 5.82 Å². The van der Waals surface area contributed by atoms with E-state index in [2.05, 4.69) is 22.3 Å². The first kappa shape index (κ1) is 23.1. The molecule has 1 aliphatic carbocycles. The molecular weight excluding hydrogens is 454 g/mol. The number of rotatable bonds is 8. The highest BCUT2D eigenvalue weighted by molar-refractivity contribution is 6.33. The molecule has 0 spiro atoms. The van der Waals surface area contributed by atoms with E-state index in [0.29, 0.717) is 28.7 Å². The van der Waals surface area contributed by atoms with Crippen LogP contribution in [0.2, 0.25) is 5.02 Å². The zero-order valence-electron chi connectivity index (χ0n) is 19.9. The normalized spacial score (nSPS) is 19.9. The predicted octanol–water partition coefficient (Wildman–Crippen LogP) is 3.79. The average Bonchev–Trinajstić information content (AvgIpc) is 3.28. The van der Waals surface area contributed by atoms with E-state index in [4.69, 9.17) is 30.8 Å². The van der Waals surface area contributed by atoms with Gasteiger partial charge < -0.3 is 24.6 Å². The SMILES string of the molecule is CNC[C@@H](O)COc1ccc(Cl)c(-c2nc(-c3c(C)noc3C)c(C)c(N3CC4C[C@@H]4C3)n2)c1. The third kappa shape index (κ3) is 4.37. The Bertz CT molecular complexity index is 1180. The second-order valence-corrected chi connectivity index (χ2v) is 9.78. The first-order chi connectivity index (χ1) is 16.4. The molecule has 1 saturated carbocycles. The molecule has 3 aromatic rings. The van der Waals surface area contributed by atoms with Gasteiger partial charge in [0.2, 0.25) is 0 Å². The number of aliphatic hydroxyl groups is 1. The van der Waals surface area contributed by atoms with Crippen molar-refractivity contribution in [3.05, 3.63) is 40.2 Å². The fraction of sp³-hybridized carbons (Fsp3) is 0.480. The van der Waals surface area contributed by atoms with Crippen LogP contribution in [-0.2, 0) is 0 Å². The molecule has 1 aliphatic heterocycles. The lowest BCUT2D eigenvalue weighted by atomic mass is 10.0. The van der Waals surface area contributed by atoms with Gasteiger partial charge in [0, 0.05) is 30.8 Å². The lowest BCUT2D eigenvalue weighted by Gasteiger charge is -2.23. The van der Waals surface area contributed by atoms with Gasteiger partial charge >= 0.3 is 0 Å². The second kappa shape index (κ2) is 9.17. The highest BCUT2D eigenvalue weighted by Crippen LogP contribution is 2.47. The van der Waals surface area contributed by atoms with E-state index in [1.807, 2.05) is 19.9 Å². The second-order valence-electron chi connectivity index (χ2n) is 9.37. The van der Waals surface area contributed by atoms with Gasteiger partial charge in [-0.1, -0.05) is 16.8 Å². The molecule has 9 heteroatoms. The van der Waals surface area contributed by atoms with E-state index in [1.54, 1.807) is 19.2 Å². The van der Waals surface area contributed by atoms with Crippen LogP contribution in [0.3, 0.4) is 0 Å². The van der Waals surface area contributed by atoms with Crippen molar-refractivity contribution in [2.45, 2.75) is 33.3 Å². The lowest BCUT2D eigenvalue weighted by molar-refractivity contribution is 0.108. The molecular formula is C25H30ClN5O3. The molecule has 3 atom stereocenters. The van der Waals surface area contributed by atoms with Crippen LogP contribution in [0.15, 0.2) is 22.7 Å². The summed E-state index contributed by atoms with van der Waals surface area (Å²) in [6, 6.07) is 5.40. The Kier molecular flexibility index (Phi) is 6.22. The summed E-state index contributed by atoms with van der Waals surface area (Å²) in [5.41, 5.74) is 4.19. The van der Waals surface area contributed by atoms with Crippen LogP contribution in [0.4, 0.5) is 5.82 Å². The molecule has 180 valence electrons. The zero-order valence-corrected chi connectivity index (χ0v) is 20.7. The van der Waals surface area contributed by atoms with E-state index >= 15 is 0 Å². The molecule has 0 amide bonds. The van der Waals surface area contributed by atoms with Gasteiger partial charge in [-0.25, -0.2) is 9.97 Å². The van der Waals surface area contributed by atoms with Crippen molar-refractivity contribution in [2.75, 3.05) is 38.2 Å². The smallest absolute Gasteiger partial charge is 0.163 e. The number of likely N-dealkylation sites (N-methyl/N-ethyl adjacent to an activating group) is 1. The Hall–Kier alpha value is -2.68. The Labute approximate surface area is 204 Å². The van der Waals surface area contributed by atoms with E-state index in [1.165, 1.54) is 6.42 Å². The minimum atomic E-state index is -0.612. The summed E-state index contributed by atoms with van der Waals surface area (Å²) in [5, 5.41) is 17.6. The number of hydrogen-bond donors (Lipinski definition) is 2. The Morgan fingerprint density at radius 1 is 1.24 bits per heavy atom. The summed E-state index contributed by atoms with van der Waals surface area (Å²) < 4.78 is 11.3. The largest absolute Gasteiger partial charge is 0.491 e. The third-order valence-electron chi connectivity index (χ3n) is 6.73. The molecule has 3 heterocycles. The van der Waals surface area contributed by atoms with E-state index in [-0.39, 0.29) is 6.61 Å². The van der Waals surface area contributed by atoms with Gasteiger partial charge in [-0.2, -0.15) is 0 Å². The van der Waals surface area contributed by atoms with E-state index in [9.17, 15) is 5.11 Å². The zero-order chi connectivity index (χ0) is 24.0. The average molecular weight is 484 g/mol. The lowest BCUT2D eigenvalue weighted by Crippen LogP contribution is -2.29. The van der Waals surface area contributed by atoms with Crippen molar-refractivity contribution in [3.8, 4) is 28.4 Å². The molecule has 1 aromatic carbocycles.